The number of fused-ring (bicyclic) bond motifs is 1. The van der Waals surface area contributed by atoms with Gasteiger partial charge < -0.3 is 50.3 Å². The SMILES string of the molecule is Nc1nc2c(ncn2[C@@H]2O[C@H](CO)[C@@H](O)[C@H]2O)c(=O)[nH]1.O=P(O)(O)OP(=O)(O)O.c1c[nH]cn1. The lowest BCUT2D eigenvalue weighted by atomic mass is 10.1. The number of phosphoric acid groups is 2. The number of nitrogens with two attached hydrogens (primary N) is 1. The number of aliphatic hydroxyl groups is 3. The van der Waals surface area contributed by atoms with Crippen LogP contribution < -0.4 is 11.3 Å². The van der Waals surface area contributed by atoms with E-state index in [1.165, 1.54) is 10.9 Å². The van der Waals surface area contributed by atoms with Crippen LogP contribution in [0.3, 0.4) is 0 Å². The molecule has 19 nitrogen and oxygen atoms in total. The van der Waals surface area contributed by atoms with Crippen LogP contribution in [0.4, 0.5) is 5.95 Å². The molecule has 0 amide bonds. The minimum absolute atomic E-state index is 0.0388. The summed E-state index contributed by atoms with van der Waals surface area (Å²) in [6.07, 6.45) is 1.87. The predicted molar refractivity (Wildman–Crippen MR) is 109 cm³/mol. The average Bonchev–Trinajstić information content (AvgIpc) is 3.43. The number of ether oxygens (including phenoxy) is 1. The van der Waals surface area contributed by atoms with Crippen LogP contribution in [0.15, 0.2) is 29.8 Å². The van der Waals surface area contributed by atoms with Gasteiger partial charge in [0.05, 0.1) is 19.3 Å². The van der Waals surface area contributed by atoms with Crippen LogP contribution in [0.1, 0.15) is 6.23 Å². The highest BCUT2D eigenvalue weighted by Gasteiger charge is 2.44. The number of hydrogen-bond donors (Lipinski definition) is 10. The van der Waals surface area contributed by atoms with Gasteiger partial charge in [0.15, 0.2) is 17.4 Å². The molecule has 1 saturated heterocycles. The van der Waals surface area contributed by atoms with Crippen LogP contribution >= 0.6 is 15.6 Å². The average molecular weight is 529 g/mol. The second kappa shape index (κ2) is 11.3. The molecule has 11 N–H and O–H groups in total. The monoisotopic (exact) mass is 529 g/mol. The van der Waals surface area contributed by atoms with Crippen LogP contribution in [0, 0.1) is 0 Å². The van der Waals surface area contributed by atoms with Crippen LogP contribution in [0.25, 0.3) is 11.2 Å². The minimum atomic E-state index is -5.05. The van der Waals surface area contributed by atoms with Crippen molar-refractivity contribution in [2.75, 3.05) is 12.3 Å². The Morgan fingerprint density at radius 2 is 1.82 bits per heavy atom. The first kappa shape index (κ1) is 27.7. The van der Waals surface area contributed by atoms with Crippen molar-refractivity contribution in [1.82, 2.24) is 29.5 Å². The van der Waals surface area contributed by atoms with Gasteiger partial charge in [-0.3, -0.25) is 14.3 Å². The van der Waals surface area contributed by atoms with E-state index in [1.807, 2.05) is 0 Å². The predicted octanol–water partition coefficient (Wildman–Crippen LogP) is -3.09. The van der Waals surface area contributed by atoms with E-state index < -0.39 is 52.4 Å². The summed E-state index contributed by atoms with van der Waals surface area (Å²) in [5.74, 6) is -0.101. The standard InChI is InChI=1S/C10H13N5O5.C3H4N2.H4O7P2/c11-10-13-7-4(8(19)14-10)12-2-15(7)9-6(18)5(17)3(1-16)20-9;1-2-5-3-4-1;1-8(2,3)7-9(4,5)6/h2-3,5-6,9,16-18H,1H2,(H3,11,13,14,19);1-3H,(H,4,5);(H2,1,2,3)(H2,4,5,6)/t3-,5-,6-,9-;;/m1../s1. The molecule has 0 unspecified atom stereocenters. The first-order chi connectivity index (χ1) is 15.7. The third kappa shape index (κ3) is 7.76. The zero-order valence-corrected chi connectivity index (χ0v) is 18.5. The number of aromatic nitrogens is 6. The van der Waals surface area contributed by atoms with Crippen molar-refractivity contribution in [1.29, 1.82) is 0 Å². The van der Waals surface area contributed by atoms with Crippen molar-refractivity contribution in [3.63, 3.8) is 0 Å². The molecule has 0 bridgehead atoms. The van der Waals surface area contributed by atoms with E-state index in [4.69, 9.17) is 35.2 Å². The van der Waals surface area contributed by atoms with Gasteiger partial charge in [-0.25, -0.2) is 19.1 Å². The largest absolute Gasteiger partial charge is 0.478 e. The molecule has 190 valence electrons. The molecule has 1 fully saturated rings. The first-order valence-electron chi connectivity index (χ1n) is 8.83. The molecular weight excluding hydrogens is 508 g/mol. The number of anilines is 1. The second-order valence-electron chi connectivity index (χ2n) is 6.33. The van der Waals surface area contributed by atoms with Gasteiger partial charge in [-0.2, -0.15) is 9.29 Å². The molecule has 0 radical (unpaired) electrons. The van der Waals surface area contributed by atoms with E-state index in [0.29, 0.717) is 0 Å². The minimum Gasteiger partial charge on any atom is -0.394 e. The highest BCUT2D eigenvalue weighted by molar-refractivity contribution is 7.60. The third-order valence-electron chi connectivity index (χ3n) is 3.86. The number of nitrogens with one attached hydrogen (secondary N) is 2. The molecule has 0 aliphatic carbocycles. The molecule has 4 rings (SSSR count). The lowest BCUT2D eigenvalue weighted by Crippen LogP contribution is -2.33. The molecule has 0 saturated carbocycles. The van der Waals surface area contributed by atoms with Gasteiger partial charge in [0.1, 0.15) is 18.3 Å². The zero-order valence-electron chi connectivity index (χ0n) is 16.8. The normalized spacial score (nSPS) is 22.6. The molecular formula is C13H21N7O12P2. The summed E-state index contributed by atoms with van der Waals surface area (Å²) < 4.78 is 28.9. The van der Waals surface area contributed by atoms with Crippen molar-refractivity contribution in [2.45, 2.75) is 24.5 Å². The number of hydrogen-bond acceptors (Lipinski definition) is 12. The highest BCUT2D eigenvalue weighted by atomic mass is 31.3. The highest BCUT2D eigenvalue weighted by Crippen LogP contribution is 2.53. The Bertz CT molecular complexity index is 1170. The summed E-state index contributed by atoms with van der Waals surface area (Å²) in [6.45, 7) is -0.447. The quantitative estimate of drug-likeness (QED) is 0.150. The van der Waals surface area contributed by atoms with Gasteiger partial charge in [-0.15, -0.1) is 0 Å². The Morgan fingerprint density at radius 3 is 2.24 bits per heavy atom. The number of aromatic amines is 2. The number of imidazole rings is 2. The Labute approximate surface area is 188 Å². The number of aliphatic hydroxyl groups excluding tert-OH is 3. The molecule has 4 heterocycles. The smallest absolute Gasteiger partial charge is 0.394 e. The van der Waals surface area contributed by atoms with Gasteiger partial charge in [0.25, 0.3) is 5.56 Å². The summed E-state index contributed by atoms with van der Waals surface area (Å²) in [6, 6.07) is 0. The van der Waals surface area contributed by atoms with E-state index >= 15 is 0 Å². The third-order valence-corrected chi connectivity index (χ3v) is 5.56. The number of rotatable bonds is 4. The number of nitrogens with zero attached hydrogens (tertiary/aromatic N) is 4. The fraction of sp³-hybridized carbons (Fsp3) is 0.385. The van der Waals surface area contributed by atoms with E-state index in [2.05, 4.69) is 29.2 Å². The van der Waals surface area contributed by atoms with Crippen molar-refractivity contribution >= 4 is 32.8 Å². The van der Waals surface area contributed by atoms with Crippen LogP contribution in [0.5, 0.6) is 0 Å². The molecule has 1 aliphatic rings. The van der Waals surface area contributed by atoms with Crippen molar-refractivity contribution < 1.29 is 53.1 Å². The fourth-order valence-corrected chi connectivity index (χ4v) is 3.70. The zero-order chi connectivity index (χ0) is 25.7. The van der Waals surface area contributed by atoms with Gasteiger partial charge in [-0.1, -0.05) is 0 Å². The van der Waals surface area contributed by atoms with Crippen molar-refractivity contribution in [2.24, 2.45) is 0 Å². The number of H-pyrrole nitrogens is 2. The molecule has 3 aromatic rings. The van der Waals surface area contributed by atoms with Gasteiger partial charge in [0.2, 0.25) is 5.95 Å². The first-order valence-corrected chi connectivity index (χ1v) is 11.9. The van der Waals surface area contributed by atoms with E-state index in [-0.39, 0.29) is 17.1 Å². The molecule has 0 spiro atoms. The van der Waals surface area contributed by atoms with Gasteiger partial charge >= 0.3 is 15.6 Å². The fourth-order valence-electron chi connectivity index (χ4n) is 2.59. The maximum atomic E-state index is 11.7. The molecule has 3 aromatic heterocycles. The molecule has 21 heteroatoms. The van der Waals surface area contributed by atoms with Crippen LogP contribution in [0.2, 0.25) is 0 Å². The Hall–Kier alpha value is -2.54. The maximum absolute atomic E-state index is 11.7. The van der Waals surface area contributed by atoms with E-state index in [0.717, 1.165) is 0 Å². The Balaban J connectivity index is 0.000000241. The molecule has 34 heavy (non-hydrogen) atoms. The van der Waals surface area contributed by atoms with Crippen LogP contribution in [-0.4, -0.2) is 89.3 Å². The second-order valence-corrected chi connectivity index (χ2v) is 8.94. The van der Waals surface area contributed by atoms with E-state index in [1.54, 1.807) is 18.7 Å². The summed E-state index contributed by atoms with van der Waals surface area (Å²) >= 11 is 0. The molecule has 0 aromatic carbocycles. The van der Waals surface area contributed by atoms with Gasteiger partial charge in [0, 0.05) is 12.4 Å². The van der Waals surface area contributed by atoms with Crippen LogP contribution in [-0.2, 0) is 18.2 Å². The topological polar surface area (TPSA) is 312 Å². The van der Waals surface area contributed by atoms with Gasteiger partial charge in [-0.05, 0) is 0 Å². The lowest BCUT2D eigenvalue weighted by Gasteiger charge is -2.16. The Kier molecular flexibility index (Phi) is 9.17. The lowest BCUT2D eigenvalue weighted by molar-refractivity contribution is -0.0511. The summed E-state index contributed by atoms with van der Waals surface area (Å²) in [4.78, 5) is 59.2. The number of nitrogen functional groups attached to an aromatic ring is 1. The summed E-state index contributed by atoms with van der Waals surface area (Å²) in [5, 5.41) is 28.7. The summed E-state index contributed by atoms with van der Waals surface area (Å²) in [5.41, 5.74) is 5.12. The summed E-state index contributed by atoms with van der Waals surface area (Å²) in [7, 11) is -10.1. The maximum Gasteiger partial charge on any atom is 0.478 e. The van der Waals surface area contributed by atoms with E-state index in [9.17, 15) is 24.1 Å². The van der Waals surface area contributed by atoms with Crippen molar-refractivity contribution in [3.05, 3.63) is 35.4 Å². The molecule has 1 aliphatic heterocycles. The Morgan fingerprint density at radius 1 is 1.18 bits per heavy atom. The van der Waals surface area contributed by atoms with Crippen molar-refractivity contribution in [3.8, 4) is 0 Å². The molecule has 4 atom stereocenters.